The molecule has 0 heterocycles. The fraction of sp³-hybridized carbons (Fsp3) is 0.429. The SMILES string of the molecule is CC(CNCCOC(N)=O)C(=O)OCc1ccccc1. The predicted octanol–water partition coefficient (Wildman–Crippen LogP) is 1.05. The number of esters is 1. The summed E-state index contributed by atoms with van der Waals surface area (Å²) in [6.45, 7) is 3.13. The van der Waals surface area contributed by atoms with Crippen LogP contribution >= 0.6 is 0 Å². The Morgan fingerprint density at radius 2 is 1.95 bits per heavy atom. The second-order valence-electron chi connectivity index (χ2n) is 4.37. The van der Waals surface area contributed by atoms with Gasteiger partial charge >= 0.3 is 12.1 Å². The Labute approximate surface area is 118 Å². The Balaban J connectivity index is 2.14. The molecule has 0 aromatic heterocycles. The van der Waals surface area contributed by atoms with Crippen LogP contribution in [0.4, 0.5) is 4.79 Å². The first-order valence-corrected chi connectivity index (χ1v) is 6.43. The number of carbonyl (C=O) groups is 2. The fourth-order valence-electron chi connectivity index (χ4n) is 1.50. The molecular formula is C14H20N2O4. The molecule has 0 fully saturated rings. The summed E-state index contributed by atoms with van der Waals surface area (Å²) < 4.78 is 9.75. The van der Waals surface area contributed by atoms with Crippen LogP contribution in [0.25, 0.3) is 0 Å². The molecule has 0 saturated carbocycles. The number of primary amides is 1. The zero-order valence-electron chi connectivity index (χ0n) is 11.5. The lowest BCUT2D eigenvalue weighted by Gasteiger charge is -2.12. The Kier molecular flexibility index (Phi) is 7.13. The monoisotopic (exact) mass is 280 g/mol. The third-order valence-electron chi connectivity index (χ3n) is 2.60. The molecule has 6 nitrogen and oxygen atoms in total. The van der Waals surface area contributed by atoms with Crippen LogP contribution < -0.4 is 11.1 Å². The standard InChI is InChI=1S/C14H20N2O4/c1-11(9-16-7-8-19-14(15)18)13(17)20-10-12-5-3-2-4-6-12/h2-6,11,16H,7-10H2,1H3,(H2,15,18). The molecule has 3 N–H and O–H groups in total. The number of amides is 1. The van der Waals surface area contributed by atoms with Crippen LogP contribution in [0.5, 0.6) is 0 Å². The number of hydrogen-bond acceptors (Lipinski definition) is 5. The lowest BCUT2D eigenvalue weighted by Crippen LogP contribution is -2.31. The highest BCUT2D eigenvalue weighted by Crippen LogP contribution is 2.04. The number of hydrogen-bond donors (Lipinski definition) is 2. The van der Waals surface area contributed by atoms with E-state index in [-0.39, 0.29) is 25.1 Å². The molecule has 0 radical (unpaired) electrons. The Hall–Kier alpha value is -2.08. The van der Waals surface area contributed by atoms with Gasteiger partial charge in [-0.2, -0.15) is 0 Å². The maximum absolute atomic E-state index is 11.7. The van der Waals surface area contributed by atoms with Gasteiger partial charge in [0.05, 0.1) is 5.92 Å². The van der Waals surface area contributed by atoms with E-state index in [4.69, 9.17) is 10.5 Å². The predicted molar refractivity (Wildman–Crippen MR) is 73.8 cm³/mol. The minimum atomic E-state index is -0.804. The first-order chi connectivity index (χ1) is 9.59. The third-order valence-corrected chi connectivity index (χ3v) is 2.60. The quantitative estimate of drug-likeness (QED) is 0.548. The highest BCUT2D eigenvalue weighted by molar-refractivity contribution is 5.72. The van der Waals surface area contributed by atoms with E-state index in [2.05, 4.69) is 10.1 Å². The molecule has 0 aliphatic rings. The van der Waals surface area contributed by atoms with Gasteiger partial charge in [0.1, 0.15) is 13.2 Å². The highest BCUT2D eigenvalue weighted by Gasteiger charge is 2.13. The number of carbonyl (C=O) groups excluding carboxylic acids is 2. The van der Waals surface area contributed by atoms with Crippen molar-refractivity contribution < 1.29 is 19.1 Å². The van der Waals surface area contributed by atoms with Crippen molar-refractivity contribution in [3.05, 3.63) is 35.9 Å². The van der Waals surface area contributed by atoms with Crippen molar-refractivity contribution in [2.75, 3.05) is 19.7 Å². The minimum Gasteiger partial charge on any atom is -0.461 e. The largest absolute Gasteiger partial charge is 0.461 e. The molecule has 0 aliphatic carbocycles. The second-order valence-corrected chi connectivity index (χ2v) is 4.37. The van der Waals surface area contributed by atoms with Gasteiger partial charge in [-0.25, -0.2) is 4.79 Å². The van der Waals surface area contributed by atoms with Crippen molar-refractivity contribution >= 4 is 12.1 Å². The molecule has 0 aliphatic heterocycles. The van der Waals surface area contributed by atoms with Crippen molar-refractivity contribution in [3.8, 4) is 0 Å². The molecule has 1 aromatic rings. The van der Waals surface area contributed by atoms with E-state index in [0.717, 1.165) is 5.56 Å². The number of ether oxygens (including phenoxy) is 2. The van der Waals surface area contributed by atoms with Crippen LogP contribution in [0, 0.1) is 5.92 Å². The summed E-state index contributed by atoms with van der Waals surface area (Å²) in [4.78, 5) is 22.0. The smallest absolute Gasteiger partial charge is 0.404 e. The molecule has 1 aromatic carbocycles. The number of rotatable bonds is 8. The molecule has 1 atom stereocenters. The molecule has 1 unspecified atom stereocenters. The van der Waals surface area contributed by atoms with Crippen molar-refractivity contribution in [2.45, 2.75) is 13.5 Å². The van der Waals surface area contributed by atoms with Gasteiger partial charge in [0.25, 0.3) is 0 Å². The van der Waals surface area contributed by atoms with Crippen LogP contribution in [0.15, 0.2) is 30.3 Å². The first-order valence-electron chi connectivity index (χ1n) is 6.43. The second kappa shape index (κ2) is 8.92. The zero-order chi connectivity index (χ0) is 14.8. The average molecular weight is 280 g/mol. The molecule has 6 heteroatoms. The van der Waals surface area contributed by atoms with E-state index in [1.54, 1.807) is 6.92 Å². The van der Waals surface area contributed by atoms with Crippen molar-refractivity contribution in [1.82, 2.24) is 5.32 Å². The van der Waals surface area contributed by atoms with Gasteiger partial charge in [0, 0.05) is 13.1 Å². The summed E-state index contributed by atoms with van der Waals surface area (Å²) >= 11 is 0. The average Bonchev–Trinajstić information content (AvgIpc) is 2.45. The minimum absolute atomic E-state index is 0.182. The van der Waals surface area contributed by atoms with Gasteiger partial charge in [-0.1, -0.05) is 37.3 Å². The van der Waals surface area contributed by atoms with Crippen molar-refractivity contribution in [1.29, 1.82) is 0 Å². The summed E-state index contributed by atoms with van der Waals surface area (Å²) in [6.07, 6.45) is -0.804. The Morgan fingerprint density at radius 3 is 2.60 bits per heavy atom. The van der Waals surface area contributed by atoms with Gasteiger partial charge < -0.3 is 20.5 Å². The maximum atomic E-state index is 11.7. The van der Waals surface area contributed by atoms with Gasteiger partial charge in [-0.3, -0.25) is 4.79 Å². The molecular weight excluding hydrogens is 260 g/mol. The normalized spacial score (nSPS) is 11.7. The summed E-state index contributed by atoms with van der Waals surface area (Å²) in [7, 11) is 0. The van der Waals surface area contributed by atoms with Crippen LogP contribution in [0.3, 0.4) is 0 Å². The van der Waals surface area contributed by atoms with Crippen molar-refractivity contribution in [2.24, 2.45) is 11.7 Å². The molecule has 0 saturated heterocycles. The highest BCUT2D eigenvalue weighted by atomic mass is 16.5. The van der Waals surface area contributed by atoms with Gasteiger partial charge in [-0.15, -0.1) is 0 Å². The lowest BCUT2D eigenvalue weighted by molar-refractivity contribution is -0.149. The van der Waals surface area contributed by atoms with E-state index in [9.17, 15) is 9.59 Å². The van der Waals surface area contributed by atoms with Gasteiger partial charge in [0.15, 0.2) is 0 Å². The number of nitrogens with two attached hydrogens (primary N) is 1. The Morgan fingerprint density at radius 1 is 1.25 bits per heavy atom. The first kappa shape index (κ1) is 16.0. The number of benzene rings is 1. The van der Waals surface area contributed by atoms with Gasteiger partial charge in [-0.05, 0) is 5.56 Å². The zero-order valence-corrected chi connectivity index (χ0v) is 11.5. The molecule has 0 bridgehead atoms. The molecule has 110 valence electrons. The number of nitrogens with one attached hydrogen (secondary N) is 1. The Bertz CT molecular complexity index is 422. The maximum Gasteiger partial charge on any atom is 0.404 e. The molecule has 20 heavy (non-hydrogen) atoms. The van der Waals surface area contributed by atoms with E-state index in [0.29, 0.717) is 13.1 Å². The summed E-state index contributed by atoms with van der Waals surface area (Å²) in [6, 6.07) is 9.50. The summed E-state index contributed by atoms with van der Waals surface area (Å²) in [5, 5.41) is 2.99. The molecule has 1 amide bonds. The lowest BCUT2D eigenvalue weighted by atomic mass is 10.2. The molecule has 1 rings (SSSR count). The summed E-state index contributed by atoms with van der Waals surface area (Å²) in [5.74, 6) is -0.538. The van der Waals surface area contributed by atoms with Gasteiger partial charge in [0.2, 0.25) is 0 Å². The topological polar surface area (TPSA) is 90.6 Å². The molecule has 0 spiro atoms. The van der Waals surface area contributed by atoms with Crippen LogP contribution in [-0.4, -0.2) is 31.8 Å². The van der Waals surface area contributed by atoms with Crippen molar-refractivity contribution in [3.63, 3.8) is 0 Å². The van der Waals surface area contributed by atoms with Crippen LogP contribution in [0.1, 0.15) is 12.5 Å². The van der Waals surface area contributed by atoms with E-state index in [1.807, 2.05) is 30.3 Å². The van der Waals surface area contributed by atoms with E-state index >= 15 is 0 Å². The third kappa shape index (κ3) is 6.75. The van der Waals surface area contributed by atoms with Crippen LogP contribution in [0.2, 0.25) is 0 Å². The summed E-state index contributed by atoms with van der Waals surface area (Å²) in [5.41, 5.74) is 5.77. The van der Waals surface area contributed by atoms with E-state index in [1.165, 1.54) is 0 Å². The van der Waals surface area contributed by atoms with Crippen LogP contribution in [-0.2, 0) is 20.9 Å². The van der Waals surface area contributed by atoms with E-state index < -0.39 is 6.09 Å². The fourth-order valence-corrected chi connectivity index (χ4v) is 1.50.